The molecular weight excluding hydrogens is 324 g/mol. The molecule has 0 aliphatic rings. The summed E-state index contributed by atoms with van der Waals surface area (Å²) in [6.45, 7) is 2.52. The molecule has 126 valence electrons. The highest BCUT2D eigenvalue weighted by atomic mass is 35.5. The average molecular weight is 343 g/mol. The molecule has 0 unspecified atom stereocenters. The maximum atomic E-state index is 11.9. The zero-order chi connectivity index (χ0) is 17.1. The van der Waals surface area contributed by atoms with Crippen LogP contribution in [0.4, 0.5) is 4.79 Å². The van der Waals surface area contributed by atoms with Crippen molar-refractivity contribution in [2.24, 2.45) is 0 Å². The highest BCUT2D eigenvalue weighted by Gasteiger charge is 2.08. The van der Waals surface area contributed by atoms with Crippen LogP contribution in [-0.2, 0) is 9.53 Å². The second kappa shape index (κ2) is 10.4. The normalized spacial score (nSPS) is 9.83. The van der Waals surface area contributed by atoms with E-state index in [1.807, 2.05) is 0 Å². The number of benzene rings is 1. The van der Waals surface area contributed by atoms with Crippen molar-refractivity contribution in [2.45, 2.75) is 13.3 Å². The van der Waals surface area contributed by atoms with Crippen molar-refractivity contribution in [1.82, 2.24) is 10.6 Å². The summed E-state index contributed by atoms with van der Waals surface area (Å²) >= 11 is 5.43. The number of carbonyl (C=O) groups is 3. The van der Waals surface area contributed by atoms with E-state index < -0.39 is 6.16 Å². The molecule has 0 heterocycles. The van der Waals surface area contributed by atoms with Gasteiger partial charge in [0.25, 0.3) is 5.91 Å². The first-order chi connectivity index (χ1) is 11.1. The summed E-state index contributed by atoms with van der Waals surface area (Å²) in [5, 5.41) is 5.28. The van der Waals surface area contributed by atoms with E-state index in [2.05, 4.69) is 15.4 Å². The van der Waals surface area contributed by atoms with E-state index >= 15 is 0 Å². The molecule has 2 amide bonds. The molecule has 23 heavy (non-hydrogen) atoms. The van der Waals surface area contributed by atoms with Crippen molar-refractivity contribution in [3.63, 3.8) is 0 Å². The molecule has 0 aliphatic carbocycles. The number of nitrogens with one attached hydrogen (secondary N) is 2. The summed E-state index contributed by atoms with van der Waals surface area (Å²) in [5.74, 6) is 0.0978. The van der Waals surface area contributed by atoms with Gasteiger partial charge in [0.15, 0.2) is 0 Å². The van der Waals surface area contributed by atoms with E-state index in [4.69, 9.17) is 16.3 Å². The van der Waals surface area contributed by atoms with Gasteiger partial charge in [-0.3, -0.25) is 9.59 Å². The molecule has 1 aromatic carbocycles. The van der Waals surface area contributed by atoms with Gasteiger partial charge in [-0.05, 0) is 31.2 Å². The molecule has 0 bridgehead atoms. The molecule has 0 fully saturated rings. The van der Waals surface area contributed by atoms with Crippen molar-refractivity contribution < 1.29 is 23.9 Å². The standard InChI is InChI=1S/C15H19ClN2O5/c1-2-22-15(21)23-12-5-3-11(4-6-12)14(20)18-10-9-17-13(19)7-8-16/h3-6H,2,7-10H2,1H3,(H,17,19)(H,18,20). The van der Waals surface area contributed by atoms with Crippen LogP contribution in [0.1, 0.15) is 23.7 Å². The molecule has 0 aliphatic heterocycles. The van der Waals surface area contributed by atoms with Gasteiger partial charge in [-0.15, -0.1) is 11.6 Å². The van der Waals surface area contributed by atoms with E-state index in [0.717, 1.165) is 0 Å². The number of rotatable bonds is 8. The van der Waals surface area contributed by atoms with E-state index in [0.29, 0.717) is 18.7 Å². The Labute approximate surface area is 139 Å². The van der Waals surface area contributed by atoms with Gasteiger partial charge in [-0.2, -0.15) is 0 Å². The lowest BCUT2D eigenvalue weighted by molar-refractivity contribution is -0.120. The third-order valence-corrected chi connectivity index (χ3v) is 2.82. The van der Waals surface area contributed by atoms with Crippen molar-refractivity contribution >= 4 is 29.6 Å². The summed E-state index contributed by atoms with van der Waals surface area (Å²) in [6.07, 6.45) is -0.547. The minimum Gasteiger partial charge on any atom is -0.434 e. The Morgan fingerprint density at radius 3 is 2.35 bits per heavy atom. The average Bonchev–Trinajstić information content (AvgIpc) is 2.52. The summed E-state index contributed by atoms with van der Waals surface area (Å²) < 4.78 is 9.53. The topological polar surface area (TPSA) is 93.7 Å². The minimum absolute atomic E-state index is 0.158. The molecule has 2 N–H and O–H groups in total. The van der Waals surface area contributed by atoms with Crippen LogP contribution in [0, 0.1) is 0 Å². The maximum absolute atomic E-state index is 11.9. The van der Waals surface area contributed by atoms with Gasteiger partial charge in [-0.25, -0.2) is 4.79 Å². The molecule has 1 aromatic rings. The van der Waals surface area contributed by atoms with Crippen LogP contribution in [0.2, 0.25) is 0 Å². The van der Waals surface area contributed by atoms with Crippen LogP contribution in [0.25, 0.3) is 0 Å². The quantitative estimate of drug-likeness (QED) is 0.324. The number of hydrogen-bond donors (Lipinski definition) is 2. The lowest BCUT2D eigenvalue weighted by Crippen LogP contribution is -2.34. The Bertz CT molecular complexity index is 533. The molecule has 0 aromatic heterocycles. The predicted octanol–water partition coefficient (Wildman–Crippen LogP) is 1.70. The third kappa shape index (κ3) is 7.51. The van der Waals surface area contributed by atoms with Gasteiger partial charge in [-0.1, -0.05) is 0 Å². The molecule has 0 atom stereocenters. The Balaban J connectivity index is 2.36. The van der Waals surface area contributed by atoms with Crippen LogP contribution in [0.3, 0.4) is 0 Å². The lowest BCUT2D eigenvalue weighted by Gasteiger charge is -2.07. The minimum atomic E-state index is -0.794. The van der Waals surface area contributed by atoms with Crippen molar-refractivity contribution in [2.75, 3.05) is 25.6 Å². The largest absolute Gasteiger partial charge is 0.513 e. The smallest absolute Gasteiger partial charge is 0.434 e. The van der Waals surface area contributed by atoms with E-state index in [9.17, 15) is 14.4 Å². The number of alkyl halides is 1. The summed E-state index contributed by atoms with van der Waals surface area (Å²) in [5.41, 5.74) is 0.410. The van der Waals surface area contributed by atoms with E-state index in [1.165, 1.54) is 24.3 Å². The summed E-state index contributed by atoms with van der Waals surface area (Å²) in [4.78, 5) is 34.2. The fourth-order valence-corrected chi connectivity index (χ4v) is 1.74. The molecule has 7 nitrogen and oxygen atoms in total. The number of hydrogen-bond acceptors (Lipinski definition) is 5. The van der Waals surface area contributed by atoms with Crippen molar-refractivity contribution in [1.29, 1.82) is 0 Å². The van der Waals surface area contributed by atoms with Gasteiger partial charge in [0.05, 0.1) is 6.61 Å². The molecule has 8 heteroatoms. The Morgan fingerprint density at radius 1 is 1.09 bits per heavy atom. The molecule has 1 rings (SSSR count). The van der Waals surface area contributed by atoms with Crippen molar-refractivity contribution in [3.8, 4) is 5.75 Å². The molecular formula is C15H19ClN2O5. The Hall–Kier alpha value is -2.28. The molecule has 0 saturated carbocycles. The first-order valence-corrected chi connectivity index (χ1v) is 7.65. The second-order valence-corrected chi connectivity index (χ2v) is 4.73. The summed E-state index contributed by atoms with van der Waals surface area (Å²) in [7, 11) is 0. The highest BCUT2D eigenvalue weighted by Crippen LogP contribution is 2.12. The van der Waals surface area contributed by atoms with E-state index in [1.54, 1.807) is 6.92 Å². The van der Waals surface area contributed by atoms with Crippen LogP contribution in [0.15, 0.2) is 24.3 Å². The third-order valence-electron chi connectivity index (χ3n) is 2.63. The Morgan fingerprint density at radius 2 is 1.74 bits per heavy atom. The summed E-state index contributed by atoms with van der Waals surface area (Å²) in [6, 6.07) is 6.04. The van der Waals surface area contributed by atoms with Crippen LogP contribution in [0.5, 0.6) is 5.75 Å². The fraction of sp³-hybridized carbons (Fsp3) is 0.400. The van der Waals surface area contributed by atoms with Crippen molar-refractivity contribution in [3.05, 3.63) is 29.8 Å². The SMILES string of the molecule is CCOC(=O)Oc1ccc(C(=O)NCCNC(=O)CCCl)cc1. The Kier molecular flexibility index (Phi) is 8.52. The van der Waals surface area contributed by atoms with Crippen LogP contribution in [-0.4, -0.2) is 43.5 Å². The van der Waals surface area contributed by atoms with Gasteiger partial charge in [0.2, 0.25) is 5.91 Å². The fourth-order valence-electron chi connectivity index (χ4n) is 1.57. The predicted molar refractivity (Wildman–Crippen MR) is 84.8 cm³/mol. The molecule has 0 spiro atoms. The second-order valence-electron chi connectivity index (χ2n) is 4.35. The number of carbonyl (C=O) groups excluding carboxylic acids is 3. The van der Waals surface area contributed by atoms with Gasteiger partial charge >= 0.3 is 6.16 Å². The number of amides is 2. The first kappa shape index (κ1) is 18.8. The zero-order valence-electron chi connectivity index (χ0n) is 12.8. The number of halogens is 1. The lowest BCUT2D eigenvalue weighted by atomic mass is 10.2. The first-order valence-electron chi connectivity index (χ1n) is 7.12. The zero-order valence-corrected chi connectivity index (χ0v) is 13.5. The van der Waals surface area contributed by atoms with E-state index in [-0.39, 0.29) is 36.5 Å². The highest BCUT2D eigenvalue weighted by molar-refractivity contribution is 6.18. The van der Waals surface area contributed by atoms with Gasteiger partial charge in [0.1, 0.15) is 5.75 Å². The monoisotopic (exact) mass is 342 g/mol. The molecule has 0 radical (unpaired) electrons. The van der Waals surface area contributed by atoms with Crippen LogP contribution >= 0.6 is 11.6 Å². The van der Waals surface area contributed by atoms with Gasteiger partial charge < -0.3 is 20.1 Å². The maximum Gasteiger partial charge on any atom is 0.513 e. The van der Waals surface area contributed by atoms with Crippen LogP contribution < -0.4 is 15.4 Å². The van der Waals surface area contributed by atoms with Gasteiger partial charge in [0, 0.05) is 31.0 Å². The number of ether oxygens (including phenoxy) is 2. The molecule has 0 saturated heterocycles.